The fourth-order valence-electron chi connectivity index (χ4n) is 1.24. The molecule has 0 aliphatic carbocycles. The molecule has 0 amide bonds. The van der Waals surface area contributed by atoms with E-state index in [1.165, 1.54) is 18.2 Å². The van der Waals surface area contributed by atoms with Crippen LogP contribution < -0.4 is 0 Å². The first-order chi connectivity index (χ1) is 7.54. The molecule has 88 valence electrons. The molecular formula is C11H14O5. The average molecular weight is 226 g/mol. The fourth-order valence-corrected chi connectivity index (χ4v) is 1.24. The minimum absolute atomic E-state index is 0.0344. The number of phenolic OH excluding ortho intramolecular Hbond substituents is 2. The maximum absolute atomic E-state index is 11.1. The highest BCUT2D eigenvalue weighted by atomic mass is 16.5. The standard InChI is InChI=1S/C11H14O5/c1-2-16-11(15)10(14)6-7-3-4-8(12)9(13)5-7/h3-5,10,12-14H,2,6H2,1H3/t10-/m1/s1. The van der Waals surface area contributed by atoms with E-state index in [4.69, 9.17) is 5.11 Å². The lowest BCUT2D eigenvalue weighted by molar-refractivity contribution is -0.152. The molecule has 0 unspecified atom stereocenters. The molecule has 0 aliphatic heterocycles. The van der Waals surface area contributed by atoms with Crippen LogP contribution in [-0.2, 0) is 16.0 Å². The molecule has 0 saturated heterocycles. The molecule has 0 fully saturated rings. The zero-order chi connectivity index (χ0) is 12.1. The lowest BCUT2D eigenvalue weighted by Crippen LogP contribution is -2.25. The van der Waals surface area contributed by atoms with Crippen LogP contribution in [0.15, 0.2) is 18.2 Å². The van der Waals surface area contributed by atoms with E-state index in [0.717, 1.165) is 0 Å². The number of aromatic hydroxyl groups is 2. The highest BCUT2D eigenvalue weighted by Crippen LogP contribution is 2.25. The van der Waals surface area contributed by atoms with E-state index in [9.17, 15) is 15.0 Å². The molecule has 0 radical (unpaired) electrons. The number of hydrogen-bond donors (Lipinski definition) is 3. The van der Waals surface area contributed by atoms with Crippen LogP contribution in [0.2, 0.25) is 0 Å². The van der Waals surface area contributed by atoms with Crippen LogP contribution >= 0.6 is 0 Å². The van der Waals surface area contributed by atoms with Crippen molar-refractivity contribution in [3.63, 3.8) is 0 Å². The third-order valence-corrected chi connectivity index (χ3v) is 2.03. The van der Waals surface area contributed by atoms with Crippen LogP contribution in [0.5, 0.6) is 11.5 Å². The monoisotopic (exact) mass is 226 g/mol. The van der Waals surface area contributed by atoms with E-state index in [2.05, 4.69) is 4.74 Å². The Kier molecular flexibility index (Phi) is 4.13. The van der Waals surface area contributed by atoms with Gasteiger partial charge >= 0.3 is 5.97 Å². The number of aliphatic hydroxyl groups is 1. The SMILES string of the molecule is CCOC(=O)[C@H](O)Cc1ccc(O)c(O)c1. The predicted molar refractivity (Wildman–Crippen MR) is 56.1 cm³/mol. The summed E-state index contributed by atoms with van der Waals surface area (Å²) in [6.07, 6.45) is -1.23. The van der Waals surface area contributed by atoms with E-state index >= 15 is 0 Å². The Labute approximate surface area is 92.9 Å². The second-order valence-corrected chi connectivity index (χ2v) is 3.30. The third kappa shape index (κ3) is 3.13. The van der Waals surface area contributed by atoms with Gasteiger partial charge in [-0.05, 0) is 24.6 Å². The van der Waals surface area contributed by atoms with Gasteiger partial charge < -0.3 is 20.1 Å². The van der Waals surface area contributed by atoms with E-state index in [1.54, 1.807) is 6.92 Å². The molecule has 0 saturated carbocycles. The summed E-state index contributed by atoms with van der Waals surface area (Å²) >= 11 is 0. The molecule has 5 nitrogen and oxygen atoms in total. The molecular weight excluding hydrogens is 212 g/mol. The normalized spacial score (nSPS) is 12.1. The van der Waals surface area contributed by atoms with E-state index in [-0.39, 0.29) is 24.5 Å². The average Bonchev–Trinajstić information content (AvgIpc) is 2.24. The Morgan fingerprint density at radius 1 is 1.38 bits per heavy atom. The van der Waals surface area contributed by atoms with Gasteiger partial charge in [-0.25, -0.2) is 4.79 Å². The van der Waals surface area contributed by atoms with E-state index in [0.29, 0.717) is 5.56 Å². The van der Waals surface area contributed by atoms with Gasteiger partial charge in [-0.2, -0.15) is 0 Å². The van der Waals surface area contributed by atoms with Gasteiger partial charge in [0, 0.05) is 6.42 Å². The van der Waals surface area contributed by atoms with Gasteiger partial charge in [0.2, 0.25) is 0 Å². The van der Waals surface area contributed by atoms with Crippen molar-refractivity contribution in [1.29, 1.82) is 0 Å². The summed E-state index contributed by atoms with van der Waals surface area (Å²) in [6, 6.07) is 4.10. The molecule has 1 atom stereocenters. The van der Waals surface area contributed by atoms with Gasteiger partial charge in [0.1, 0.15) is 0 Å². The van der Waals surface area contributed by atoms with Crippen molar-refractivity contribution in [2.24, 2.45) is 0 Å². The Hall–Kier alpha value is -1.75. The number of rotatable bonds is 4. The lowest BCUT2D eigenvalue weighted by Gasteiger charge is -2.09. The van der Waals surface area contributed by atoms with Crippen molar-refractivity contribution in [1.82, 2.24) is 0 Å². The Morgan fingerprint density at radius 2 is 2.06 bits per heavy atom. The molecule has 16 heavy (non-hydrogen) atoms. The largest absolute Gasteiger partial charge is 0.504 e. The Morgan fingerprint density at radius 3 is 2.62 bits per heavy atom. The van der Waals surface area contributed by atoms with Crippen molar-refractivity contribution in [2.45, 2.75) is 19.4 Å². The molecule has 3 N–H and O–H groups in total. The summed E-state index contributed by atoms with van der Waals surface area (Å²) in [6.45, 7) is 1.85. The number of benzene rings is 1. The third-order valence-electron chi connectivity index (χ3n) is 2.03. The number of aliphatic hydroxyl groups excluding tert-OH is 1. The van der Waals surface area contributed by atoms with Crippen LogP contribution in [0.4, 0.5) is 0 Å². The number of hydrogen-bond acceptors (Lipinski definition) is 5. The Bertz CT molecular complexity index is 375. The number of carbonyl (C=O) groups excluding carboxylic acids is 1. The Balaban J connectivity index is 2.66. The number of phenols is 2. The second-order valence-electron chi connectivity index (χ2n) is 3.30. The molecule has 1 aromatic rings. The topological polar surface area (TPSA) is 87.0 Å². The first kappa shape index (κ1) is 12.3. The smallest absolute Gasteiger partial charge is 0.335 e. The molecule has 1 rings (SSSR count). The summed E-state index contributed by atoms with van der Waals surface area (Å²) in [5, 5.41) is 27.7. The zero-order valence-electron chi connectivity index (χ0n) is 8.88. The molecule has 1 aromatic carbocycles. The molecule has 0 aromatic heterocycles. The van der Waals surface area contributed by atoms with Crippen LogP contribution in [0, 0.1) is 0 Å². The summed E-state index contributed by atoms with van der Waals surface area (Å²) in [4.78, 5) is 11.1. The molecule has 0 bridgehead atoms. The lowest BCUT2D eigenvalue weighted by atomic mass is 10.1. The van der Waals surface area contributed by atoms with Gasteiger partial charge in [-0.1, -0.05) is 6.07 Å². The summed E-state index contributed by atoms with van der Waals surface area (Å²) in [5.41, 5.74) is 0.538. The summed E-state index contributed by atoms with van der Waals surface area (Å²) in [7, 11) is 0. The highest BCUT2D eigenvalue weighted by molar-refractivity contribution is 5.74. The van der Waals surface area contributed by atoms with Crippen molar-refractivity contribution in [3.8, 4) is 11.5 Å². The first-order valence-electron chi connectivity index (χ1n) is 4.90. The van der Waals surface area contributed by atoms with Crippen molar-refractivity contribution < 1.29 is 24.9 Å². The van der Waals surface area contributed by atoms with Crippen LogP contribution in [0.1, 0.15) is 12.5 Å². The minimum atomic E-state index is -1.26. The van der Waals surface area contributed by atoms with Crippen molar-refractivity contribution in [2.75, 3.05) is 6.61 Å². The van der Waals surface area contributed by atoms with Gasteiger partial charge in [0.15, 0.2) is 17.6 Å². The molecule has 0 aliphatic rings. The van der Waals surface area contributed by atoms with Gasteiger partial charge in [0.05, 0.1) is 6.61 Å². The van der Waals surface area contributed by atoms with Gasteiger partial charge in [-0.15, -0.1) is 0 Å². The summed E-state index contributed by atoms with van der Waals surface area (Å²) < 4.78 is 4.63. The number of esters is 1. The van der Waals surface area contributed by atoms with Crippen LogP contribution in [0.3, 0.4) is 0 Å². The zero-order valence-corrected chi connectivity index (χ0v) is 8.88. The van der Waals surface area contributed by atoms with Crippen LogP contribution in [-0.4, -0.2) is 34.0 Å². The van der Waals surface area contributed by atoms with E-state index in [1.807, 2.05) is 0 Å². The van der Waals surface area contributed by atoms with Gasteiger partial charge in [0.25, 0.3) is 0 Å². The second kappa shape index (κ2) is 5.37. The van der Waals surface area contributed by atoms with Gasteiger partial charge in [-0.3, -0.25) is 0 Å². The van der Waals surface area contributed by atoms with Crippen LogP contribution in [0.25, 0.3) is 0 Å². The van der Waals surface area contributed by atoms with Crippen molar-refractivity contribution in [3.05, 3.63) is 23.8 Å². The summed E-state index contributed by atoms with van der Waals surface area (Å²) in [5.74, 6) is -1.22. The van der Waals surface area contributed by atoms with Crippen molar-refractivity contribution >= 4 is 5.97 Å². The van der Waals surface area contributed by atoms with E-state index < -0.39 is 12.1 Å². The molecule has 5 heteroatoms. The number of ether oxygens (including phenoxy) is 1. The maximum Gasteiger partial charge on any atom is 0.335 e. The first-order valence-corrected chi connectivity index (χ1v) is 4.90. The number of carbonyl (C=O) groups is 1. The molecule has 0 spiro atoms. The maximum atomic E-state index is 11.1. The quantitative estimate of drug-likeness (QED) is 0.516. The minimum Gasteiger partial charge on any atom is -0.504 e. The molecule has 0 heterocycles. The highest BCUT2D eigenvalue weighted by Gasteiger charge is 2.17. The fraction of sp³-hybridized carbons (Fsp3) is 0.364. The predicted octanol–water partition coefficient (Wildman–Crippen LogP) is 0.564.